The van der Waals surface area contributed by atoms with Crippen molar-refractivity contribution in [2.45, 2.75) is 43.4 Å². The van der Waals surface area contributed by atoms with Crippen molar-refractivity contribution in [1.82, 2.24) is 4.31 Å². The molecule has 2 aliphatic rings. The first-order chi connectivity index (χ1) is 10.1. The lowest BCUT2D eigenvalue weighted by atomic mass is 9.92. The van der Waals surface area contributed by atoms with Gasteiger partial charge in [-0.1, -0.05) is 6.07 Å². The van der Waals surface area contributed by atoms with Crippen molar-refractivity contribution in [1.29, 1.82) is 0 Å². The van der Waals surface area contributed by atoms with Crippen LogP contribution >= 0.6 is 0 Å². The zero-order valence-electron chi connectivity index (χ0n) is 12.3. The zero-order chi connectivity index (χ0) is 14.9. The Bertz CT molecular complexity index is 604. The number of sulfonamides is 1. The van der Waals surface area contributed by atoms with Gasteiger partial charge in [-0.05, 0) is 67.7 Å². The Labute approximate surface area is 126 Å². The van der Waals surface area contributed by atoms with Gasteiger partial charge in [0.15, 0.2) is 0 Å². The van der Waals surface area contributed by atoms with Crippen LogP contribution in [0.2, 0.25) is 0 Å². The zero-order valence-corrected chi connectivity index (χ0v) is 13.1. The van der Waals surface area contributed by atoms with E-state index in [2.05, 4.69) is 0 Å². The van der Waals surface area contributed by atoms with Gasteiger partial charge in [0.1, 0.15) is 0 Å². The molecule has 1 aromatic rings. The quantitative estimate of drug-likeness (QED) is 0.928. The molecular formula is C16H23NO3S. The number of hydrogen-bond donors (Lipinski definition) is 1. The van der Waals surface area contributed by atoms with E-state index in [1.54, 1.807) is 10.4 Å². The summed E-state index contributed by atoms with van der Waals surface area (Å²) in [6.45, 7) is 1.20. The summed E-state index contributed by atoms with van der Waals surface area (Å²) in [6, 6.07) is 5.63. The van der Waals surface area contributed by atoms with Crippen molar-refractivity contribution in [3.63, 3.8) is 0 Å². The highest BCUT2D eigenvalue weighted by Gasteiger charge is 2.29. The molecule has 116 valence electrons. The third-order valence-electron chi connectivity index (χ3n) is 4.79. The van der Waals surface area contributed by atoms with Gasteiger partial charge in [0, 0.05) is 19.7 Å². The fourth-order valence-corrected chi connectivity index (χ4v) is 4.87. The molecule has 5 heteroatoms. The van der Waals surface area contributed by atoms with Crippen LogP contribution in [-0.2, 0) is 22.9 Å². The molecule has 0 amide bonds. The van der Waals surface area contributed by atoms with Crippen LogP contribution in [0.4, 0.5) is 0 Å². The molecule has 0 saturated carbocycles. The number of aliphatic hydroxyl groups excluding tert-OH is 1. The van der Waals surface area contributed by atoms with E-state index in [1.165, 1.54) is 17.5 Å². The van der Waals surface area contributed by atoms with E-state index in [4.69, 9.17) is 5.11 Å². The predicted molar refractivity (Wildman–Crippen MR) is 81.7 cm³/mol. The third kappa shape index (κ3) is 3.00. The molecule has 1 saturated heterocycles. The molecule has 21 heavy (non-hydrogen) atoms. The molecule has 3 rings (SSSR count). The first kappa shape index (κ1) is 15.0. The molecule has 1 heterocycles. The van der Waals surface area contributed by atoms with Crippen LogP contribution in [-0.4, -0.2) is 37.5 Å². The normalized spacial score (nSPS) is 21.2. The van der Waals surface area contributed by atoms with Gasteiger partial charge in [-0.3, -0.25) is 0 Å². The highest BCUT2D eigenvalue weighted by molar-refractivity contribution is 7.89. The summed E-state index contributed by atoms with van der Waals surface area (Å²) in [6.07, 6.45) is 5.91. The van der Waals surface area contributed by atoms with Crippen molar-refractivity contribution < 1.29 is 13.5 Å². The molecule has 1 aliphatic carbocycles. The van der Waals surface area contributed by atoms with Crippen LogP contribution in [0.25, 0.3) is 0 Å². The number of piperidine rings is 1. The fourth-order valence-electron chi connectivity index (χ4n) is 3.35. The van der Waals surface area contributed by atoms with E-state index < -0.39 is 10.0 Å². The summed E-state index contributed by atoms with van der Waals surface area (Å²) in [5.41, 5.74) is 2.51. The second-order valence-electron chi connectivity index (χ2n) is 6.17. The average molecular weight is 309 g/mol. The molecule has 1 fully saturated rings. The van der Waals surface area contributed by atoms with E-state index in [-0.39, 0.29) is 12.5 Å². The lowest BCUT2D eigenvalue weighted by Crippen LogP contribution is -2.39. The Balaban J connectivity index is 1.82. The maximum atomic E-state index is 12.7. The number of nitrogens with zero attached hydrogens (tertiary/aromatic N) is 1. The monoisotopic (exact) mass is 309 g/mol. The van der Waals surface area contributed by atoms with Gasteiger partial charge in [-0.2, -0.15) is 4.31 Å². The summed E-state index contributed by atoms with van der Waals surface area (Å²) >= 11 is 0. The van der Waals surface area contributed by atoms with Crippen LogP contribution in [0, 0.1) is 5.92 Å². The summed E-state index contributed by atoms with van der Waals surface area (Å²) in [5, 5.41) is 9.16. The summed E-state index contributed by atoms with van der Waals surface area (Å²) in [5.74, 6) is 0.250. The molecule has 0 radical (unpaired) electrons. The van der Waals surface area contributed by atoms with E-state index in [0.29, 0.717) is 18.0 Å². The largest absolute Gasteiger partial charge is 0.396 e. The van der Waals surface area contributed by atoms with Gasteiger partial charge < -0.3 is 5.11 Å². The van der Waals surface area contributed by atoms with Crippen molar-refractivity contribution in [2.75, 3.05) is 19.7 Å². The van der Waals surface area contributed by atoms with Crippen LogP contribution < -0.4 is 0 Å². The molecule has 1 aliphatic heterocycles. The van der Waals surface area contributed by atoms with Gasteiger partial charge in [-0.15, -0.1) is 0 Å². The third-order valence-corrected chi connectivity index (χ3v) is 6.68. The van der Waals surface area contributed by atoms with Crippen molar-refractivity contribution >= 4 is 10.0 Å². The number of rotatable bonds is 3. The van der Waals surface area contributed by atoms with Crippen molar-refractivity contribution in [3.05, 3.63) is 29.3 Å². The number of aryl methyl sites for hydroxylation is 2. The SMILES string of the molecule is O=S(=O)(c1ccc2c(c1)CCCC2)N1CCC(CO)CC1. The molecule has 0 spiro atoms. The molecule has 0 aromatic heterocycles. The molecule has 0 unspecified atom stereocenters. The minimum atomic E-state index is -3.38. The van der Waals surface area contributed by atoms with Gasteiger partial charge in [-0.25, -0.2) is 8.42 Å². The van der Waals surface area contributed by atoms with E-state index in [1.807, 2.05) is 12.1 Å². The topological polar surface area (TPSA) is 57.6 Å². The van der Waals surface area contributed by atoms with Crippen LogP contribution in [0.3, 0.4) is 0 Å². The Morgan fingerprint density at radius 2 is 1.76 bits per heavy atom. The maximum Gasteiger partial charge on any atom is 0.243 e. The molecular weight excluding hydrogens is 286 g/mol. The van der Waals surface area contributed by atoms with Crippen LogP contribution in [0.1, 0.15) is 36.8 Å². The van der Waals surface area contributed by atoms with E-state index >= 15 is 0 Å². The van der Waals surface area contributed by atoms with Gasteiger partial charge in [0.05, 0.1) is 4.90 Å². The number of fused-ring (bicyclic) bond motifs is 1. The number of hydrogen-bond acceptors (Lipinski definition) is 3. The summed E-state index contributed by atoms with van der Waals surface area (Å²) in [7, 11) is -3.38. The highest BCUT2D eigenvalue weighted by Crippen LogP contribution is 2.27. The first-order valence-corrected chi connectivity index (χ1v) is 9.28. The number of aliphatic hydroxyl groups is 1. The minimum absolute atomic E-state index is 0.159. The lowest BCUT2D eigenvalue weighted by Gasteiger charge is -2.30. The summed E-state index contributed by atoms with van der Waals surface area (Å²) in [4.78, 5) is 0.436. The highest BCUT2D eigenvalue weighted by atomic mass is 32.2. The fraction of sp³-hybridized carbons (Fsp3) is 0.625. The van der Waals surface area contributed by atoms with Crippen molar-refractivity contribution in [3.8, 4) is 0 Å². The first-order valence-electron chi connectivity index (χ1n) is 7.84. The van der Waals surface area contributed by atoms with Crippen molar-refractivity contribution in [2.24, 2.45) is 5.92 Å². The van der Waals surface area contributed by atoms with E-state index in [0.717, 1.165) is 32.1 Å². The second-order valence-corrected chi connectivity index (χ2v) is 8.11. The Hall–Kier alpha value is -0.910. The Morgan fingerprint density at radius 3 is 2.43 bits per heavy atom. The smallest absolute Gasteiger partial charge is 0.243 e. The minimum Gasteiger partial charge on any atom is -0.396 e. The second kappa shape index (κ2) is 6.07. The van der Waals surface area contributed by atoms with Gasteiger partial charge in [0.25, 0.3) is 0 Å². The molecule has 1 aromatic carbocycles. The molecule has 0 bridgehead atoms. The van der Waals surface area contributed by atoms with E-state index in [9.17, 15) is 8.42 Å². The average Bonchev–Trinajstić information content (AvgIpc) is 2.54. The standard InChI is InChI=1S/C16H23NO3S/c18-12-13-7-9-17(10-8-13)21(19,20)16-6-5-14-3-1-2-4-15(14)11-16/h5-6,11,13,18H,1-4,7-10,12H2. The maximum absolute atomic E-state index is 12.7. The predicted octanol–water partition coefficient (Wildman–Crippen LogP) is 1.96. The van der Waals surface area contributed by atoms with Gasteiger partial charge >= 0.3 is 0 Å². The van der Waals surface area contributed by atoms with Gasteiger partial charge in [0.2, 0.25) is 10.0 Å². The molecule has 1 N–H and O–H groups in total. The summed E-state index contributed by atoms with van der Waals surface area (Å²) < 4.78 is 27.0. The van der Waals surface area contributed by atoms with Crippen LogP contribution in [0.5, 0.6) is 0 Å². The molecule has 4 nitrogen and oxygen atoms in total. The Kier molecular flexibility index (Phi) is 4.33. The Morgan fingerprint density at radius 1 is 1.10 bits per heavy atom. The molecule has 0 atom stereocenters. The number of benzene rings is 1. The lowest BCUT2D eigenvalue weighted by molar-refractivity contribution is 0.170. The van der Waals surface area contributed by atoms with Crippen LogP contribution in [0.15, 0.2) is 23.1 Å².